The number of hydrogen-bond donors (Lipinski definition) is 0. The van der Waals surface area contributed by atoms with Crippen LogP contribution in [0.15, 0.2) is 53.4 Å². The summed E-state index contributed by atoms with van der Waals surface area (Å²) in [4.78, 5) is 16.0. The Morgan fingerprint density at radius 3 is 2.86 bits per heavy atom. The minimum atomic E-state index is 0.0288. The fraction of sp³-hybridized carbons (Fsp3) is 0.278. The molecule has 1 heterocycles. The van der Waals surface area contributed by atoms with E-state index in [1.54, 1.807) is 13.2 Å². The van der Waals surface area contributed by atoms with Gasteiger partial charge in [-0.1, -0.05) is 25.1 Å². The van der Waals surface area contributed by atoms with Gasteiger partial charge < -0.3 is 9.64 Å². The Morgan fingerprint density at radius 2 is 2.05 bits per heavy atom. The number of ether oxygens (including phenoxy) is 1. The molecule has 0 bridgehead atoms. The van der Waals surface area contributed by atoms with Crippen molar-refractivity contribution in [2.24, 2.45) is 0 Å². The van der Waals surface area contributed by atoms with Gasteiger partial charge in [0.2, 0.25) is 0 Å². The normalized spacial score (nSPS) is 17.5. The van der Waals surface area contributed by atoms with Gasteiger partial charge in [-0.05, 0) is 36.8 Å². The van der Waals surface area contributed by atoms with Crippen LogP contribution in [0, 0.1) is 0 Å². The molecule has 114 valence electrons. The summed E-state index contributed by atoms with van der Waals surface area (Å²) in [5.74, 6) is 0.734. The highest BCUT2D eigenvalue weighted by Crippen LogP contribution is 2.37. The number of nitrogens with zero attached hydrogens (tertiary/aromatic N) is 1. The topological polar surface area (TPSA) is 29.5 Å². The van der Waals surface area contributed by atoms with Gasteiger partial charge in [0.25, 0.3) is 5.91 Å². The van der Waals surface area contributed by atoms with Gasteiger partial charge in [-0.2, -0.15) is 0 Å². The molecule has 0 spiro atoms. The van der Waals surface area contributed by atoms with Crippen molar-refractivity contribution in [3.8, 4) is 5.75 Å². The smallest absolute Gasteiger partial charge is 0.258 e. The fourth-order valence-corrected chi connectivity index (χ4v) is 3.72. The number of thioether (sulfide) groups is 1. The van der Waals surface area contributed by atoms with Crippen LogP contribution in [0.2, 0.25) is 0 Å². The summed E-state index contributed by atoms with van der Waals surface area (Å²) in [5, 5.41) is 0.504. The molecule has 0 aromatic heterocycles. The molecule has 0 radical (unpaired) electrons. The molecule has 2 aromatic carbocycles. The number of rotatable bonds is 2. The molecule has 1 aliphatic heterocycles. The van der Waals surface area contributed by atoms with Gasteiger partial charge in [-0.3, -0.25) is 4.79 Å². The van der Waals surface area contributed by atoms with E-state index in [0.717, 1.165) is 18.7 Å². The van der Waals surface area contributed by atoms with Gasteiger partial charge in [-0.25, -0.2) is 0 Å². The number of anilines is 1. The predicted molar refractivity (Wildman–Crippen MR) is 91.0 cm³/mol. The van der Waals surface area contributed by atoms with Crippen LogP contribution in [-0.2, 0) is 0 Å². The zero-order chi connectivity index (χ0) is 15.5. The minimum absolute atomic E-state index is 0.0288. The van der Waals surface area contributed by atoms with Gasteiger partial charge in [0, 0.05) is 22.3 Å². The predicted octanol–water partition coefficient (Wildman–Crippen LogP) is 4.23. The lowest BCUT2D eigenvalue weighted by molar-refractivity contribution is 0.0986. The van der Waals surface area contributed by atoms with Crippen molar-refractivity contribution in [2.45, 2.75) is 23.5 Å². The first-order chi connectivity index (χ1) is 10.7. The monoisotopic (exact) mass is 313 g/mol. The Balaban J connectivity index is 1.98. The number of hydrogen-bond acceptors (Lipinski definition) is 3. The molecule has 2 aromatic rings. The van der Waals surface area contributed by atoms with Gasteiger partial charge in [0.05, 0.1) is 12.8 Å². The van der Waals surface area contributed by atoms with Gasteiger partial charge in [0.1, 0.15) is 5.75 Å². The van der Waals surface area contributed by atoms with Gasteiger partial charge in [-0.15, -0.1) is 11.8 Å². The molecule has 1 atom stereocenters. The number of methoxy groups -OCH3 is 1. The molecule has 3 rings (SSSR count). The molecular weight excluding hydrogens is 294 g/mol. The van der Waals surface area contributed by atoms with Gasteiger partial charge >= 0.3 is 0 Å². The average molecular weight is 313 g/mol. The lowest BCUT2D eigenvalue weighted by Crippen LogP contribution is -2.32. The number of carbonyl (C=O) groups excluding carboxylic acids is 1. The molecule has 0 fully saturated rings. The highest BCUT2D eigenvalue weighted by Gasteiger charge is 2.25. The lowest BCUT2D eigenvalue weighted by Gasteiger charge is -2.22. The van der Waals surface area contributed by atoms with E-state index in [4.69, 9.17) is 4.74 Å². The van der Waals surface area contributed by atoms with E-state index in [0.29, 0.717) is 16.6 Å². The molecular formula is C18H19NO2S. The molecule has 0 aliphatic carbocycles. The molecule has 3 nitrogen and oxygen atoms in total. The van der Waals surface area contributed by atoms with Crippen LogP contribution in [0.1, 0.15) is 23.7 Å². The van der Waals surface area contributed by atoms with Crippen LogP contribution in [0.25, 0.3) is 0 Å². The first-order valence-corrected chi connectivity index (χ1v) is 8.28. The van der Waals surface area contributed by atoms with Crippen LogP contribution in [0.4, 0.5) is 5.69 Å². The van der Waals surface area contributed by atoms with E-state index in [9.17, 15) is 4.79 Å². The van der Waals surface area contributed by atoms with Crippen LogP contribution >= 0.6 is 11.8 Å². The van der Waals surface area contributed by atoms with E-state index in [-0.39, 0.29) is 5.91 Å². The second-order valence-corrected chi connectivity index (χ2v) is 6.85. The summed E-state index contributed by atoms with van der Waals surface area (Å²) in [6, 6.07) is 15.5. The average Bonchev–Trinajstić information content (AvgIpc) is 2.72. The van der Waals surface area contributed by atoms with Crippen molar-refractivity contribution in [3.63, 3.8) is 0 Å². The summed E-state index contributed by atoms with van der Waals surface area (Å²) in [6.45, 7) is 2.95. The van der Waals surface area contributed by atoms with E-state index < -0.39 is 0 Å². The molecule has 0 N–H and O–H groups in total. The highest BCUT2D eigenvalue weighted by molar-refractivity contribution is 8.00. The van der Waals surface area contributed by atoms with Crippen LogP contribution in [-0.4, -0.2) is 24.8 Å². The number of carbonyl (C=O) groups is 1. The second kappa shape index (κ2) is 6.44. The van der Waals surface area contributed by atoms with E-state index >= 15 is 0 Å². The quantitative estimate of drug-likeness (QED) is 0.831. The summed E-state index contributed by atoms with van der Waals surface area (Å²) >= 11 is 1.84. The zero-order valence-electron chi connectivity index (χ0n) is 12.8. The van der Waals surface area contributed by atoms with E-state index in [2.05, 4.69) is 13.0 Å². The molecule has 1 unspecified atom stereocenters. The Bertz CT molecular complexity index is 686. The molecule has 1 aliphatic rings. The van der Waals surface area contributed by atoms with E-state index in [1.165, 1.54) is 4.90 Å². The molecule has 22 heavy (non-hydrogen) atoms. The summed E-state index contributed by atoms with van der Waals surface area (Å²) in [7, 11) is 1.61. The highest BCUT2D eigenvalue weighted by atomic mass is 32.2. The minimum Gasteiger partial charge on any atom is -0.497 e. The van der Waals surface area contributed by atoms with Gasteiger partial charge in [0.15, 0.2) is 0 Å². The molecule has 1 amide bonds. The Labute approximate surface area is 135 Å². The molecule has 0 saturated heterocycles. The maximum atomic E-state index is 13.0. The molecule has 0 saturated carbocycles. The summed E-state index contributed by atoms with van der Waals surface area (Å²) in [5.41, 5.74) is 1.67. The van der Waals surface area contributed by atoms with Crippen molar-refractivity contribution >= 4 is 23.4 Å². The summed E-state index contributed by atoms with van der Waals surface area (Å²) < 4.78 is 5.23. The first-order valence-electron chi connectivity index (χ1n) is 7.40. The lowest BCUT2D eigenvalue weighted by atomic mass is 10.1. The maximum absolute atomic E-state index is 13.0. The van der Waals surface area contributed by atoms with Crippen LogP contribution in [0.5, 0.6) is 5.75 Å². The summed E-state index contributed by atoms with van der Waals surface area (Å²) in [6.07, 6.45) is 0.981. The third-order valence-electron chi connectivity index (χ3n) is 3.81. The third kappa shape index (κ3) is 2.97. The Morgan fingerprint density at radius 1 is 1.23 bits per heavy atom. The van der Waals surface area contributed by atoms with Crippen LogP contribution in [0.3, 0.4) is 0 Å². The second-order valence-electron chi connectivity index (χ2n) is 5.37. The zero-order valence-corrected chi connectivity index (χ0v) is 13.6. The Kier molecular flexibility index (Phi) is 4.39. The maximum Gasteiger partial charge on any atom is 0.258 e. The van der Waals surface area contributed by atoms with Crippen molar-refractivity contribution in [3.05, 3.63) is 54.1 Å². The van der Waals surface area contributed by atoms with Crippen molar-refractivity contribution in [1.29, 1.82) is 0 Å². The van der Waals surface area contributed by atoms with Crippen molar-refractivity contribution in [2.75, 3.05) is 18.6 Å². The van der Waals surface area contributed by atoms with Crippen LogP contribution < -0.4 is 9.64 Å². The fourth-order valence-electron chi connectivity index (χ4n) is 2.61. The Hall–Kier alpha value is -1.94. The third-order valence-corrected chi connectivity index (χ3v) is 5.04. The number of amides is 1. The van der Waals surface area contributed by atoms with Crippen molar-refractivity contribution in [1.82, 2.24) is 0 Å². The number of para-hydroxylation sites is 1. The largest absolute Gasteiger partial charge is 0.497 e. The number of benzene rings is 2. The van der Waals surface area contributed by atoms with Crippen molar-refractivity contribution < 1.29 is 9.53 Å². The van der Waals surface area contributed by atoms with E-state index in [1.807, 2.05) is 53.1 Å². The standard InChI is InChI=1S/C18H19NO2S/c1-13-10-11-19(16-8-3-4-9-17(16)22-13)18(20)14-6-5-7-15(12-14)21-2/h3-9,12-13H,10-11H2,1-2H3. The SMILES string of the molecule is COc1cccc(C(=O)N2CCC(C)Sc3ccccc32)c1. The molecule has 4 heteroatoms. The number of fused-ring (bicyclic) bond motifs is 1. The first kappa shape index (κ1) is 15.0.